The highest BCUT2D eigenvalue weighted by molar-refractivity contribution is 5.97. The normalized spacial score (nSPS) is 19.0. The van der Waals surface area contributed by atoms with Gasteiger partial charge in [-0.2, -0.15) is 0 Å². The number of benzene rings is 2. The summed E-state index contributed by atoms with van der Waals surface area (Å²) in [4.78, 5) is 28.6. The molecule has 0 bridgehead atoms. The molecule has 2 aromatic carbocycles. The fraction of sp³-hybridized carbons (Fsp3) is 0.333. The third-order valence-corrected chi connectivity index (χ3v) is 5.24. The van der Waals surface area contributed by atoms with E-state index in [1.54, 1.807) is 12.0 Å². The van der Waals surface area contributed by atoms with Crippen molar-refractivity contribution in [2.75, 3.05) is 25.1 Å². The highest BCUT2D eigenvalue weighted by Crippen LogP contribution is 2.26. The Morgan fingerprint density at radius 2 is 1.96 bits per heavy atom. The van der Waals surface area contributed by atoms with Crippen molar-refractivity contribution in [1.29, 1.82) is 0 Å². The molecular formula is C21H23N3O3. The number of nitrogens with one attached hydrogen (secondary N) is 1. The van der Waals surface area contributed by atoms with E-state index >= 15 is 0 Å². The lowest BCUT2D eigenvalue weighted by molar-refractivity contribution is -0.117. The number of anilines is 1. The summed E-state index contributed by atoms with van der Waals surface area (Å²) in [6.45, 7) is 1.79. The molecule has 6 heteroatoms. The maximum Gasteiger partial charge on any atom is 0.318 e. The first kappa shape index (κ1) is 17.4. The van der Waals surface area contributed by atoms with Crippen LogP contribution in [-0.4, -0.2) is 43.1 Å². The Bertz CT molecular complexity index is 867. The van der Waals surface area contributed by atoms with Crippen LogP contribution in [0, 0.1) is 0 Å². The van der Waals surface area contributed by atoms with Crippen LogP contribution in [0.1, 0.15) is 17.5 Å². The molecule has 3 amide bonds. The molecule has 1 saturated heterocycles. The van der Waals surface area contributed by atoms with E-state index in [-0.39, 0.29) is 18.0 Å². The Morgan fingerprint density at radius 3 is 2.78 bits per heavy atom. The number of methoxy groups -OCH3 is 1. The van der Waals surface area contributed by atoms with Crippen molar-refractivity contribution in [1.82, 2.24) is 10.2 Å². The summed E-state index contributed by atoms with van der Waals surface area (Å²) in [5.74, 6) is 0.720. The second-order valence-corrected chi connectivity index (χ2v) is 7.00. The molecule has 2 aliphatic heterocycles. The SMILES string of the molecule is COc1cccc(N2C[C@@H](NC(=O)N3CCc4ccccc4C3)CC2=O)c1. The average molecular weight is 365 g/mol. The van der Waals surface area contributed by atoms with Gasteiger partial charge in [0, 0.05) is 37.8 Å². The van der Waals surface area contributed by atoms with Crippen LogP contribution in [0.5, 0.6) is 5.75 Å². The van der Waals surface area contributed by atoms with E-state index in [9.17, 15) is 9.59 Å². The fourth-order valence-electron chi connectivity index (χ4n) is 3.77. The zero-order chi connectivity index (χ0) is 18.8. The lowest BCUT2D eigenvalue weighted by atomic mass is 10.0. The summed E-state index contributed by atoms with van der Waals surface area (Å²) in [7, 11) is 1.60. The zero-order valence-electron chi connectivity index (χ0n) is 15.4. The van der Waals surface area contributed by atoms with Gasteiger partial charge in [0.05, 0.1) is 13.2 Å². The predicted molar refractivity (Wildman–Crippen MR) is 103 cm³/mol. The van der Waals surface area contributed by atoms with Crippen molar-refractivity contribution in [3.63, 3.8) is 0 Å². The van der Waals surface area contributed by atoms with E-state index < -0.39 is 0 Å². The molecule has 0 aliphatic carbocycles. The summed E-state index contributed by atoms with van der Waals surface area (Å²) in [5, 5.41) is 3.03. The Morgan fingerprint density at radius 1 is 1.15 bits per heavy atom. The standard InChI is InChI=1S/C21H23N3O3/c1-27-19-8-4-7-18(12-19)24-14-17(11-20(24)25)22-21(26)23-10-9-15-5-2-3-6-16(15)13-23/h2-8,12,17H,9-11,13-14H2,1H3,(H,22,26)/t17-/m0/s1. The van der Waals surface area contributed by atoms with Gasteiger partial charge in [-0.05, 0) is 29.7 Å². The largest absolute Gasteiger partial charge is 0.497 e. The van der Waals surface area contributed by atoms with Crippen molar-refractivity contribution in [2.45, 2.75) is 25.4 Å². The van der Waals surface area contributed by atoms with Crippen LogP contribution in [0.3, 0.4) is 0 Å². The molecule has 1 fully saturated rings. The summed E-state index contributed by atoms with van der Waals surface area (Å²) >= 11 is 0. The van der Waals surface area contributed by atoms with Crippen molar-refractivity contribution >= 4 is 17.6 Å². The molecule has 4 rings (SSSR count). The molecule has 2 aliphatic rings. The van der Waals surface area contributed by atoms with Crippen molar-refractivity contribution in [3.8, 4) is 5.75 Å². The van der Waals surface area contributed by atoms with Crippen LogP contribution in [0.25, 0.3) is 0 Å². The number of carbonyl (C=O) groups is 2. The van der Waals surface area contributed by atoms with Crippen molar-refractivity contribution < 1.29 is 14.3 Å². The lowest BCUT2D eigenvalue weighted by Gasteiger charge is -2.30. The Kier molecular flexibility index (Phi) is 4.71. The summed E-state index contributed by atoms with van der Waals surface area (Å²) < 4.78 is 5.23. The third kappa shape index (κ3) is 3.60. The van der Waals surface area contributed by atoms with Crippen LogP contribution in [0.2, 0.25) is 0 Å². The molecule has 2 heterocycles. The van der Waals surface area contributed by atoms with E-state index in [1.165, 1.54) is 11.1 Å². The Balaban J connectivity index is 1.39. The van der Waals surface area contributed by atoms with E-state index in [0.717, 1.165) is 12.1 Å². The fourth-order valence-corrected chi connectivity index (χ4v) is 3.77. The smallest absolute Gasteiger partial charge is 0.318 e. The first-order valence-corrected chi connectivity index (χ1v) is 9.20. The summed E-state index contributed by atoms with van der Waals surface area (Å²) in [6, 6.07) is 15.4. The molecule has 1 N–H and O–H groups in total. The van der Waals surface area contributed by atoms with Gasteiger partial charge in [0.25, 0.3) is 0 Å². The Labute approximate surface area is 158 Å². The minimum Gasteiger partial charge on any atom is -0.497 e. The topological polar surface area (TPSA) is 61.9 Å². The van der Waals surface area contributed by atoms with Gasteiger partial charge < -0.3 is 19.9 Å². The lowest BCUT2D eigenvalue weighted by Crippen LogP contribution is -2.47. The molecule has 0 radical (unpaired) electrons. The van der Waals surface area contributed by atoms with Gasteiger partial charge in [0.2, 0.25) is 5.91 Å². The number of rotatable bonds is 3. The van der Waals surface area contributed by atoms with Crippen LogP contribution in [-0.2, 0) is 17.8 Å². The third-order valence-electron chi connectivity index (χ3n) is 5.24. The maximum atomic E-state index is 12.7. The highest BCUT2D eigenvalue weighted by atomic mass is 16.5. The molecule has 0 unspecified atom stereocenters. The van der Waals surface area contributed by atoms with E-state index in [2.05, 4.69) is 17.4 Å². The number of hydrogen-bond acceptors (Lipinski definition) is 3. The first-order valence-electron chi connectivity index (χ1n) is 9.20. The first-order chi connectivity index (χ1) is 13.1. The molecule has 6 nitrogen and oxygen atoms in total. The van der Waals surface area contributed by atoms with Gasteiger partial charge in [-0.15, -0.1) is 0 Å². The van der Waals surface area contributed by atoms with E-state index in [1.807, 2.05) is 41.3 Å². The van der Waals surface area contributed by atoms with Gasteiger partial charge in [-0.3, -0.25) is 4.79 Å². The second-order valence-electron chi connectivity index (χ2n) is 7.00. The number of carbonyl (C=O) groups excluding carboxylic acids is 2. The molecule has 0 spiro atoms. The van der Waals surface area contributed by atoms with Crippen LogP contribution in [0.15, 0.2) is 48.5 Å². The molecule has 140 valence electrons. The minimum atomic E-state index is -0.187. The van der Waals surface area contributed by atoms with Crippen LogP contribution >= 0.6 is 0 Å². The van der Waals surface area contributed by atoms with Gasteiger partial charge in [0.15, 0.2) is 0 Å². The number of nitrogens with zero attached hydrogens (tertiary/aromatic N) is 2. The van der Waals surface area contributed by atoms with Gasteiger partial charge >= 0.3 is 6.03 Å². The molecule has 1 atom stereocenters. The monoisotopic (exact) mass is 365 g/mol. The summed E-state index contributed by atoms with van der Waals surface area (Å²) in [6.07, 6.45) is 1.18. The summed E-state index contributed by atoms with van der Waals surface area (Å²) in [5.41, 5.74) is 3.30. The van der Waals surface area contributed by atoms with Crippen LogP contribution < -0.4 is 15.0 Å². The number of amides is 3. The number of fused-ring (bicyclic) bond motifs is 1. The minimum absolute atomic E-state index is 0.0116. The number of ether oxygens (including phenoxy) is 1. The van der Waals surface area contributed by atoms with Gasteiger partial charge in [0.1, 0.15) is 5.75 Å². The average Bonchev–Trinajstić information content (AvgIpc) is 3.07. The van der Waals surface area contributed by atoms with E-state index in [0.29, 0.717) is 31.8 Å². The molecule has 27 heavy (non-hydrogen) atoms. The van der Waals surface area contributed by atoms with Crippen LogP contribution in [0.4, 0.5) is 10.5 Å². The number of hydrogen-bond donors (Lipinski definition) is 1. The quantitative estimate of drug-likeness (QED) is 0.909. The number of urea groups is 1. The van der Waals surface area contributed by atoms with E-state index in [4.69, 9.17) is 4.74 Å². The maximum absolute atomic E-state index is 12.7. The predicted octanol–water partition coefficient (Wildman–Crippen LogP) is 2.57. The van der Waals surface area contributed by atoms with Gasteiger partial charge in [-0.1, -0.05) is 30.3 Å². The van der Waals surface area contributed by atoms with Crippen molar-refractivity contribution in [3.05, 3.63) is 59.7 Å². The molecule has 0 aromatic heterocycles. The van der Waals surface area contributed by atoms with Gasteiger partial charge in [-0.25, -0.2) is 4.79 Å². The molecule has 2 aromatic rings. The highest BCUT2D eigenvalue weighted by Gasteiger charge is 2.33. The Hall–Kier alpha value is -3.02. The van der Waals surface area contributed by atoms with Crippen molar-refractivity contribution in [2.24, 2.45) is 0 Å². The molecule has 0 saturated carbocycles. The zero-order valence-corrected chi connectivity index (χ0v) is 15.4. The molecular weight excluding hydrogens is 342 g/mol. The second kappa shape index (κ2) is 7.31.